The standard InChI is InChI=1S/C27H29N3O/c1-3-8-20(9-4-1)16-22-13-14-23(29-22)17-26-27(31-19-21-10-5-2-6-11-21)18-25(30-26)24-12-7-15-28-24/h2,5-7,10-15,17-18,20,28-29H,1,3-4,8-9,16,19H2. The summed E-state index contributed by atoms with van der Waals surface area (Å²) in [6.07, 6.45) is 14.1. The summed E-state index contributed by atoms with van der Waals surface area (Å²) in [7, 11) is 0. The van der Waals surface area contributed by atoms with E-state index in [-0.39, 0.29) is 0 Å². The van der Waals surface area contributed by atoms with Gasteiger partial charge in [-0.25, -0.2) is 4.99 Å². The molecule has 31 heavy (non-hydrogen) atoms. The van der Waals surface area contributed by atoms with Gasteiger partial charge in [-0.2, -0.15) is 0 Å². The molecule has 4 heteroatoms. The lowest BCUT2D eigenvalue weighted by Gasteiger charge is -2.20. The Morgan fingerprint density at radius 3 is 2.65 bits per heavy atom. The van der Waals surface area contributed by atoms with Gasteiger partial charge in [0.1, 0.15) is 18.1 Å². The number of aliphatic imine (C=N–C) groups is 1. The molecule has 0 atom stereocenters. The van der Waals surface area contributed by atoms with Gasteiger partial charge in [0.25, 0.3) is 0 Å². The molecule has 3 aromatic rings. The molecule has 2 N–H and O–H groups in total. The summed E-state index contributed by atoms with van der Waals surface area (Å²) >= 11 is 0. The Morgan fingerprint density at radius 1 is 0.968 bits per heavy atom. The highest BCUT2D eigenvalue weighted by atomic mass is 16.5. The Labute approximate surface area is 183 Å². The number of nitrogens with zero attached hydrogens (tertiary/aromatic N) is 1. The van der Waals surface area contributed by atoms with Crippen LogP contribution in [0, 0.1) is 5.92 Å². The van der Waals surface area contributed by atoms with Gasteiger partial charge in [0, 0.05) is 23.7 Å². The molecule has 5 rings (SSSR count). The van der Waals surface area contributed by atoms with Crippen LogP contribution in [0.25, 0.3) is 6.08 Å². The van der Waals surface area contributed by atoms with Gasteiger partial charge in [0.05, 0.1) is 11.4 Å². The fourth-order valence-corrected chi connectivity index (χ4v) is 4.51. The van der Waals surface area contributed by atoms with E-state index in [9.17, 15) is 0 Å². The molecule has 0 saturated heterocycles. The van der Waals surface area contributed by atoms with Gasteiger partial charge in [0.2, 0.25) is 0 Å². The number of aromatic nitrogens is 2. The monoisotopic (exact) mass is 411 g/mol. The molecule has 2 aliphatic rings. The summed E-state index contributed by atoms with van der Waals surface area (Å²) < 4.78 is 6.18. The van der Waals surface area contributed by atoms with Gasteiger partial charge in [-0.15, -0.1) is 0 Å². The maximum Gasteiger partial charge on any atom is 0.147 e. The normalized spacial score (nSPS) is 18.3. The number of nitrogens with one attached hydrogen (secondary N) is 2. The second-order valence-electron chi connectivity index (χ2n) is 8.54. The average molecular weight is 412 g/mol. The quantitative estimate of drug-likeness (QED) is 0.464. The first-order valence-electron chi connectivity index (χ1n) is 11.3. The largest absolute Gasteiger partial charge is 0.487 e. The third-order valence-corrected chi connectivity index (χ3v) is 6.17. The van der Waals surface area contributed by atoms with Crippen molar-refractivity contribution < 1.29 is 4.74 Å². The van der Waals surface area contributed by atoms with Gasteiger partial charge in [-0.05, 0) is 48.2 Å². The van der Waals surface area contributed by atoms with E-state index in [1.807, 2.05) is 42.6 Å². The Hall–Kier alpha value is -3.27. The third-order valence-electron chi connectivity index (χ3n) is 6.17. The van der Waals surface area contributed by atoms with Crippen LogP contribution in [0.4, 0.5) is 0 Å². The highest BCUT2D eigenvalue weighted by molar-refractivity contribution is 6.11. The lowest BCUT2D eigenvalue weighted by Crippen LogP contribution is -2.09. The number of allylic oxidation sites excluding steroid dienone is 1. The molecule has 0 bridgehead atoms. The smallest absolute Gasteiger partial charge is 0.147 e. The van der Waals surface area contributed by atoms with E-state index in [1.54, 1.807) is 0 Å². The number of benzene rings is 1. The molecular weight excluding hydrogens is 382 g/mol. The molecule has 2 aromatic heterocycles. The van der Waals surface area contributed by atoms with Crippen LogP contribution >= 0.6 is 0 Å². The number of hydrogen-bond donors (Lipinski definition) is 2. The minimum absolute atomic E-state index is 0.523. The maximum atomic E-state index is 6.18. The molecule has 0 amide bonds. The van der Waals surface area contributed by atoms with Crippen molar-refractivity contribution in [3.63, 3.8) is 0 Å². The molecule has 158 valence electrons. The zero-order valence-electron chi connectivity index (χ0n) is 17.8. The molecule has 1 aliphatic carbocycles. The first kappa shape index (κ1) is 19.7. The van der Waals surface area contributed by atoms with Crippen molar-refractivity contribution in [1.29, 1.82) is 0 Å². The Bertz CT molecular complexity index is 1080. The molecule has 4 nitrogen and oxygen atoms in total. The summed E-state index contributed by atoms with van der Waals surface area (Å²) in [5.74, 6) is 1.62. The van der Waals surface area contributed by atoms with Gasteiger partial charge in [-0.3, -0.25) is 0 Å². The number of ether oxygens (including phenoxy) is 1. The Kier molecular flexibility index (Phi) is 5.87. The fraction of sp³-hybridized carbons (Fsp3) is 0.296. The van der Waals surface area contributed by atoms with Crippen LogP contribution in [0.15, 0.2) is 83.3 Å². The van der Waals surface area contributed by atoms with Crippen molar-refractivity contribution in [1.82, 2.24) is 9.97 Å². The maximum absolute atomic E-state index is 6.18. The van der Waals surface area contributed by atoms with Crippen LogP contribution < -0.4 is 0 Å². The molecule has 1 aromatic carbocycles. The van der Waals surface area contributed by atoms with Crippen LogP contribution in [-0.4, -0.2) is 15.7 Å². The number of aromatic amines is 2. The van der Waals surface area contributed by atoms with Gasteiger partial charge >= 0.3 is 0 Å². The van der Waals surface area contributed by atoms with Crippen molar-refractivity contribution in [3.05, 3.63) is 101 Å². The second-order valence-corrected chi connectivity index (χ2v) is 8.54. The van der Waals surface area contributed by atoms with Crippen LogP contribution in [0.5, 0.6) is 0 Å². The minimum atomic E-state index is 0.523. The SMILES string of the molecule is C(=C1N=C(c2ccc[nH]2)C=C1OCc1ccccc1)c1ccc(CC2CCCCC2)[nH]1. The lowest BCUT2D eigenvalue weighted by molar-refractivity contribution is 0.208. The summed E-state index contributed by atoms with van der Waals surface area (Å²) in [4.78, 5) is 11.7. The summed E-state index contributed by atoms with van der Waals surface area (Å²) in [5.41, 5.74) is 6.28. The first-order chi connectivity index (χ1) is 15.3. The van der Waals surface area contributed by atoms with E-state index >= 15 is 0 Å². The predicted octanol–water partition coefficient (Wildman–Crippen LogP) is 6.41. The molecule has 1 saturated carbocycles. The van der Waals surface area contributed by atoms with Crippen LogP contribution in [0.3, 0.4) is 0 Å². The lowest BCUT2D eigenvalue weighted by atomic mass is 9.86. The first-order valence-corrected chi connectivity index (χ1v) is 11.3. The molecule has 0 radical (unpaired) electrons. The topological polar surface area (TPSA) is 53.2 Å². The van der Waals surface area contributed by atoms with E-state index in [2.05, 4.69) is 40.3 Å². The van der Waals surface area contributed by atoms with Gasteiger partial charge < -0.3 is 14.7 Å². The molecule has 0 spiro atoms. The fourth-order valence-electron chi connectivity index (χ4n) is 4.51. The summed E-state index contributed by atoms with van der Waals surface area (Å²) in [6, 6.07) is 18.6. The highest BCUT2D eigenvalue weighted by Crippen LogP contribution is 2.28. The van der Waals surface area contributed by atoms with E-state index in [0.29, 0.717) is 6.61 Å². The average Bonchev–Trinajstić information content (AvgIpc) is 3.56. The summed E-state index contributed by atoms with van der Waals surface area (Å²) in [6.45, 7) is 0.523. The van der Waals surface area contributed by atoms with Crippen LogP contribution in [-0.2, 0) is 17.8 Å². The van der Waals surface area contributed by atoms with Crippen LogP contribution in [0.1, 0.15) is 54.7 Å². The highest BCUT2D eigenvalue weighted by Gasteiger charge is 2.19. The summed E-state index contributed by atoms with van der Waals surface area (Å²) in [5, 5.41) is 0. The second kappa shape index (κ2) is 9.25. The van der Waals surface area contributed by atoms with Crippen LogP contribution in [0.2, 0.25) is 0 Å². The number of H-pyrrole nitrogens is 2. The third kappa shape index (κ3) is 4.91. The van der Waals surface area contributed by atoms with Gasteiger partial charge in [0.15, 0.2) is 0 Å². The molecule has 3 heterocycles. The zero-order chi connectivity index (χ0) is 20.9. The molecular formula is C27H29N3O. The van der Waals surface area contributed by atoms with Gasteiger partial charge in [-0.1, -0.05) is 62.4 Å². The minimum Gasteiger partial charge on any atom is -0.487 e. The van der Waals surface area contributed by atoms with E-state index in [0.717, 1.165) is 46.5 Å². The van der Waals surface area contributed by atoms with Crippen molar-refractivity contribution in [2.75, 3.05) is 0 Å². The van der Waals surface area contributed by atoms with Crippen molar-refractivity contribution >= 4 is 11.8 Å². The Balaban J connectivity index is 1.34. The molecule has 0 unspecified atom stereocenters. The van der Waals surface area contributed by atoms with Crippen molar-refractivity contribution in [2.45, 2.75) is 45.1 Å². The molecule has 1 fully saturated rings. The van der Waals surface area contributed by atoms with E-state index in [4.69, 9.17) is 9.73 Å². The van der Waals surface area contributed by atoms with Crippen molar-refractivity contribution in [3.8, 4) is 0 Å². The molecule has 1 aliphatic heterocycles. The number of hydrogen-bond acceptors (Lipinski definition) is 2. The predicted molar refractivity (Wildman–Crippen MR) is 126 cm³/mol. The van der Waals surface area contributed by atoms with Crippen molar-refractivity contribution in [2.24, 2.45) is 10.9 Å². The zero-order valence-corrected chi connectivity index (χ0v) is 17.8. The van der Waals surface area contributed by atoms with E-state index < -0.39 is 0 Å². The Morgan fingerprint density at radius 2 is 1.84 bits per heavy atom. The number of rotatable bonds is 7. The van der Waals surface area contributed by atoms with E-state index in [1.165, 1.54) is 37.8 Å².